The molecule has 0 bridgehead atoms. The first-order valence-electron chi connectivity index (χ1n) is 13.6. The van der Waals surface area contributed by atoms with Crippen molar-refractivity contribution in [2.24, 2.45) is 0 Å². The maximum atomic E-state index is 15.2. The van der Waals surface area contributed by atoms with Crippen molar-refractivity contribution < 1.29 is 55.6 Å². The molecular weight excluding hydrogens is 657 g/mol. The van der Waals surface area contributed by atoms with Crippen molar-refractivity contribution in [3.05, 3.63) is 76.3 Å². The smallest absolute Gasteiger partial charge is 0.497 e. The van der Waals surface area contributed by atoms with E-state index in [4.69, 9.17) is 21.1 Å². The van der Waals surface area contributed by atoms with E-state index in [0.717, 1.165) is 19.2 Å². The molecule has 1 fully saturated rings. The van der Waals surface area contributed by atoms with Crippen LogP contribution < -0.4 is 18.5 Å². The molecule has 0 aromatic heterocycles. The molecule has 16 heteroatoms. The molecule has 1 saturated heterocycles. The largest absolute Gasteiger partial charge is 0.573 e. The minimum Gasteiger partial charge on any atom is -0.497 e. The Morgan fingerprint density at radius 3 is 2.33 bits per heavy atom. The number of likely N-dealkylation sites (tertiary alicyclic amines) is 1. The third-order valence-electron chi connectivity index (χ3n) is 8.19. The standard InChI is InChI=1S/C30H28ClF3N2O9S/c1-16-5-9-23(44-4)21(11-16)29(35-15-18(37)14-28(35,2)27(39)40)20-12-17(31)6-8-22(20)36(26(29)38)46(41,42)25-10-7-19(43-3)13-24(25)45-30(32,33)34/h5-13,18,37H,14-15H2,1-4H3,(H,39,40)/t18-,28+,29?/m1/s1. The summed E-state index contributed by atoms with van der Waals surface area (Å²) < 4.78 is 84.4. The van der Waals surface area contributed by atoms with Crippen LogP contribution in [0.2, 0.25) is 5.02 Å². The van der Waals surface area contributed by atoms with Crippen LogP contribution in [0.3, 0.4) is 0 Å². The Morgan fingerprint density at radius 2 is 1.72 bits per heavy atom. The summed E-state index contributed by atoms with van der Waals surface area (Å²) in [4.78, 5) is 28.2. The van der Waals surface area contributed by atoms with Gasteiger partial charge in [0.15, 0.2) is 11.3 Å². The summed E-state index contributed by atoms with van der Waals surface area (Å²) in [6.07, 6.45) is -6.95. The van der Waals surface area contributed by atoms with Gasteiger partial charge in [-0.15, -0.1) is 13.2 Å². The summed E-state index contributed by atoms with van der Waals surface area (Å²) in [5.41, 5.74) is -4.14. The topological polar surface area (TPSA) is 143 Å². The number of ether oxygens (including phenoxy) is 3. The average Bonchev–Trinajstić information content (AvgIpc) is 3.42. The third-order valence-corrected chi connectivity index (χ3v) is 10.2. The second-order valence-electron chi connectivity index (χ2n) is 11.1. The quantitative estimate of drug-likeness (QED) is 0.349. The van der Waals surface area contributed by atoms with Crippen molar-refractivity contribution >= 4 is 39.2 Å². The molecule has 5 rings (SSSR count). The van der Waals surface area contributed by atoms with Gasteiger partial charge in [-0.1, -0.05) is 23.2 Å². The normalized spacial score (nSPS) is 23.4. The lowest BCUT2D eigenvalue weighted by atomic mass is 9.78. The Hall–Kier alpha value is -4.05. The number of fused-ring (bicyclic) bond motifs is 1. The van der Waals surface area contributed by atoms with Crippen LogP contribution >= 0.6 is 11.6 Å². The highest BCUT2D eigenvalue weighted by atomic mass is 35.5. The van der Waals surface area contributed by atoms with E-state index in [1.807, 2.05) is 0 Å². The number of anilines is 1. The summed E-state index contributed by atoms with van der Waals surface area (Å²) >= 11 is 6.42. The fourth-order valence-corrected chi connectivity index (χ4v) is 7.98. The Kier molecular flexibility index (Phi) is 8.21. The number of benzene rings is 3. The summed E-state index contributed by atoms with van der Waals surface area (Å²) in [7, 11) is -2.82. The number of hydrogen-bond acceptors (Lipinski definition) is 9. The Labute approximate surface area is 266 Å². The number of carboxylic acids is 1. The van der Waals surface area contributed by atoms with Gasteiger partial charge in [-0.3, -0.25) is 14.5 Å². The van der Waals surface area contributed by atoms with Gasteiger partial charge in [0.05, 0.1) is 26.0 Å². The van der Waals surface area contributed by atoms with Gasteiger partial charge < -0.3 is 24.4 Å². The van der Waals surface area contributed by atoms with Gasteiger partial charge in [0.25, 0.3) is 15.9 Å². The highest BCUT2D eigenvalue weighted by Crippen LogP contribution is 2.57. The van der Waals surface area contributed by atoms with Gasteiger partial charge in [-0.2, -0.15) is 0 Å². The monoisotopic (exact) mass is 684 g/mol. The van der Waals surface area contributed by atoms with Crippen molar-refractivity contribution in [3.63, 3.8) is 0 Å². The molecule has 0 aliphatic carbocycles. The molecule has 1 unspecified atom stereocenters. The number of sulfonamides is 1. The second-order valence-corrected chi connectivity index (χ2v) is 13.2. The molecule has 246 valence electrons. The second kappa shape index (κ2) is 11.3. The first-order chi connectivity index (χ1) is 21.4. The van der Waals surface area contributed by atoms with Crippen molar-refractivity contribution in [3.8, 4) is 17.2 Å². The van der Waals surface area contributed by atoms with Crippen LogP contribution in [0.4, 0.5) is 18.9 Å². The highest BCUT2D eigenvalue weighted by molar-refractivity contribution is 7.93. The van der Waals surface area contributed by atoms with Crippen LogP contribution in [0.1, 0.15) is 30.0 Å². The zero-order chi connectivity index (χ0) is 34.0. The number of β-amino-alcohol motifs (C(OH)–C–C–N with tert-alkyl or cyclic N) is 1. The lowest BCUT2D eigenvalue weighted by Crippen LogP contribution is -2.62. The van der Waals surface area contributed by atoms with E-state index in [0.29, 0.717) is 15.9 Å². The summed E-state index contributed by atoms with van der Waals surface area (Å²) in [5.74, 6) is -3.98. The molecule has 2 aliphatic rings. The number of alkyl halides is 3. The van der Waals surface area contributed by atoms with Gasteiger partial charge in [-0.05, 0) is 56.3 Å². The Morgan fingerprint density at radius 1 is 1.02 bits per heavy atom. The predicted octanol–water partition coefficient (Wildman–Crippen LogP) is 4.45. The van der Waals surface area contributed by atoms with E-state index >= 15 is 4.79 Å². The first-order valence-corrected chi connectivity index (χ1v) is 15.4. The SMILES string of the molecule is COc1ccc(S(=O)(=O)N2C(=O)C(c3cc(C)ccc3OC)(N3C[C@H](O)C[C@@]3(C)C(=O)O)c3cc(Cl)ccc32)c(OC(F)(F)F)c1. The van der Waals surface area contributed by atoms with Gasteiger partial charge >= 0.3 is 12.3 Å². The molecule has 1 amide bonds. The molecule has 0 saturated carbocycles. The molecule has 2 aliphatic heterocycles. The van der Waals surface area contributed by atoms with E-state index in [1.165, 1.54) is 49.3 Å². The Bertz CT molecular complexity index is 1860. The number of carbonyl (C=O) groups excluding carboxylic acids is 1. The zero-order valence-electron chi connectivity index (χ0n) is 24.8. The average molecular weight is 685 g/mol. The number of carbonyl (C=O) groups is 2. The lowest BCUT2D eigenvalue weighted by Gasteiger charge is -2.45. The van der Waals surface area contributed by atoms with Gasteiger partial charge in [-0.25, -0.2) is 12.7 Å². The van der Waals surface area contributed by atoms with E-state index in [9.17, 15) is 36.6 Å². The number of carboxylic acid groups (broad SMARTS) is 1. The van der Waals surface area contributed by atoms with Gasteiger partial charge in [0, 0.05) is 35.2 Å². The van der Waals surface area contributed by atoms with Crippen LogP contribution in [-0.2, 0) is 25.2 Å². The molecule has 3 aromatic rings. The third kappa shape index (κ3) is 5.11. The van der Waals surface area contributed by atoms with Crippen molar-refractivity contribution in [2.45, 2.75) is 48.7 Å². The number of amides is 1. The molecule has 11 nitrogen and oxygen atoms in total. The van der Waals surface area contributed by atoms with E-state index in [-0.39, 0.29) is 39.8 Å². The summed E-state index contributed by atoms with van der Waals surface area (Å²) in [5, 5.41) is 21.3. The van der Waals surface area contributed by atoms with Crippen molar-refractivity contribution in [1.29, 1.82) is 0 Å². The number of aliphatic hydroxyl groups excluding tert-OH is 1. The van der Waals surface area contributed by atoms with Gasteiger partial charge in [0.2, 0.25) is 0 Å². The maximum absolute atomic E-state index is 15.2. The van der Waals surface area contributed by atoms with Crippen molar-refractivity contribution in [2.75, 3.05) is 25.1 Å². The van der Waals surface area contributed by atoms with Crippen LogP contribution in [0.25, 0.3) is 0 Å². The van der Waals surface area contributed by atoms with Gasteiger partial charge in [0.1, 0.15) is 21.9 Å². The number of aliphatic hydroxyl groups is 1. The van der Waals surface area contributed by atoms with E-state index in [1.54, 1.807) is 13.0 Å². The fourth-order valence-electron chi connectivity index (χ4n) is 6.24. The fraction of sp³-hybridized carbons (Fsp3) is 0.333. The number of methoxy groups -OCH3 is 2. The molecule has 46 heavy (non-hydrogen) atoms. The molecule has 3 aromatic carbocycles. The number of aryl methyl sites for hydroxylation is 1. The van der Waals surface area contributed by atoms with Crippen molar-refractivity contribution in [1.82, 2.24) is 4.90 Å². The van der Waals surface area contributed by atoms with E-state index < -0.39 is 62.6 Å². The minimum absolute atomic E-state index is 0.0179. The molecule has 0 spiro atoms. The lowest BCUT2D eigenvalue weighted by molar-refractivity contribution is -0.275. The summed E-state index contributed by atoms with van der Waals surface area (Å²) in [6.45, 7) is 2.54. The van der Waals surface area contributed by atoms with Crippen LogP contribution in [0.15, 0.2) is 59.5 Å². The zero-order valence-corrected chi connectivity index (χ0v) is 26.3. The number of rotatable bonds is 8. The number of aliphatic carboxylic acids is 1. The molecular formula is C30H28ClF3N2O9S. The number of hydrogen-bond donors (Lipinski definition) is 2. The van der Waals surface area contributed by atoms with Crippen LogP contribution in [0.5, 0.6) is 17.2 Å². The predicted molar refractivity (Wildman–Crippen MR) is 158 cm³/mol. The van der Waals surface area contributed by atoms with Crippen LogP contribution in [-0.4, -0.2) is 74.2 Å². The molecule has 0 radical (unpaired) electrons. The number of halogens is 4. The highest BCUT2D eigenvalue weighted by Gasteiger charge is 2.67. The molecule has 2 heterocycles. The molecule has 2 N–H and O–H groups in total. The Balaban J connectivity index is 1.90. The van der Waals surface area contributed by atoms with Crippen LogP contribution in [0, 0.1) is 6.92 Å². The maximum Gasteiger partial charge on any atom is 0.573 e. The first kappa shape index (κ1) is 33.3. The molecule has 3 atom stereocenters. The minimum atomic E-state index is -5.33. The number of nitrogens with zero attached hydrogens (tertiary/aromatic N) is 2. The summed E-state index contributed by atoms with van der Waals surface area (Å²) in [6, 6.07) is 11.0. The van der Waals surface area contributed by atoms with E-state index in [2.05, 4.69) is 4.74 Å².